The van der Waals surface area contributed by atoms with Crippen molar-refractivity contribution in [3.63, 3.8) is 0 Å². The maximum absolute atomic E-state index is 11.6. The second-order valence-electron chi connectivity index (χ2n) is 3.95. The van der Waals surface area contributed by atoms with Crippen LogP contribution >= 0.6 is 11.6 Å². The summed E-state index contributed by atoms with van der Waals surface area (Å²) < 4.78 is 0. The first kappa shape index (κ1) is 13.4. The number of oxime groups is 1. The van der Waals surface area contributed by atoms with Crippen molar-refractivity contribution in [2.45, 2.75) is 12.5 Å². The minimum atomic E-state index is -1.11. The largest absolute Gasteiger partial charge is 0.480 e. The second-order valence-corrected chi connectivity index (χ2v) is 4.39. The monoisotopic (exact) mass is 282 g/mol. The van der Waals surface area contributed by atoms with Gasteiger partial charge in [-0.15, -0.1) is 0 Å². The van der Waals surface area contributed by atoms with Crippen LogP contribution in [0.2, 0.25) is 5.02 Å². The molecular weight excluding hydrogens is 272 g/mol. The summed E-state index contributed by atoms with van der Waals surface area (Å²) in [5, 5.41) is 15.2. The lowest BCUT2D eigenvalue weighted by molar-refractivity contribution is -0.140. The van der Waals surface area contributed by atoms with E-state index < -0.39 is 24.5 Å². The lowest BCUT2D eigenvalue weighted by Gasteiger charge is -2.07. The Bertz CT molecular complexity index is 527. The Morgan fingerprint density at radius 1 is 1.42 bits per heavy atom. The number of nitrogens with zero attached hydrogens (tertiary/aromatic N) is 1. The third-order valence-corrected chi connectivity index (χ3v) is 2.80. The summed E-state index contributed by atoms with van der Waals surface area (Å²) in [5.74, 6) is -1.60. The number of carboxylic acid groups (broad SMARTS) is 1. The number of benzene rings is 1. The lowest BCUT2D eigenvalue weighted by Crippen LogP contribution is -2.37. The van der Waals surface area contributed by atoms with Crippen LogP contribution in [-0.2, 0) is 14.4 Å². The van der Waals surface area contributed by atoms with Crippen molar-refractivity contribution in [3.05, 3.63) is 34.9 Å². The van der Waals surface area contributed by atoms with Gasteiger partial charge in [-0.25, -0.2) is 0 Å². The topological polar surface area (TPSA) is 88.0 Å². The molecule has 19 heavy (non-hydrogen) atoms. The Hall–Kier alpha value is -2.08. The molecule has 1 aromatic rings. The molecule has 7 heteroatoms. The van der Waals surface area contributed by atoms with E-state index in [-0.39, 0.29) is 0 Å². The van der Waals surface area contributed by atoms with E-state index in [2.05, 4.69) is 10.5 Å². The molecule has 1 unspecified atom stereocenters. The molecule has 100 valence electrons. The minimum absolute atomic E-state index is 0.299. The van der Waals surface area contributed by atoms with Gasteiger partial charge in [0.25, 0.3) is 5.91 Å². The van der Waals surface area contributed by atoms with E-state index in [1.165, 1.54) is 0 Å². The van der Waals surface area contributed by atoms with Gasteiger partial charge in [0.05, 0.1) is 5.71 Å². The summed E-state index contributed by atoms with van der Waals surface area (Å²) in [6.07, 6.45) is -0.488. The Kier molecular flexibility index (Phi) is 4.01. The molecule has 0 spiro atoms. The number of carboxylic acids is 1. The smallest absolute Gasteiger partial charge is 0.322 e. The Morgan fingerprint density at radius 2 is 2.11 bits per heavy atom. The third-order valence-electron chi connectivity index (χ3n) is 2.55. The summed E-state index contributed by atoms with van der Waals surface area (Å²) in [7, 11) is 0. The fourth-order valence-corrected chi connectivity index (χ4v) is 1.73. The van der Waals surface area contributed by atoms with Gasteiger partial charge in [-0.1, -0.05) is 28.9 Å². The maximum atomic E-state index is 11.6. The molecule has 1 heterocycles. The molecule has 1 amide bonds. The van der Waals surface area contributed by atoms with E-state index in [9.17, 15) is 9.59 Å². The zero-order valence-corrected chi connectivity index (χ0v) is 10.6. The van der Waals surface area contributed by atoms with Crippen LogP contribution < -0.4 is 5.32 Å². The van der Waals surface area contributed by atoms with Gasteiger partial charge in [0.2, 0.25) is 6.10 Å². The van der Waals surface area contributed by atoms with Crippen LogP contribution in [0.3, 0.4) is 0 Å². The fourth-order valence-electron chi connectivity index (χ4n) is 1.61. The molecule has 0 aromatic heterocycles. The fraction of sp³-hybridized carbons (Fsp3) is 0.250. The van der Waals surface area contributed by atoms with Crippen molar-refractivity contribution in [2.24, 2.45) is 5.16 Å². The summed E-state index contributed by atoms with van der Waals surface area (Å²) in [6.45, 7) is -0.436. The molecular formula is C12H11ClN2O4. The first-order valence-corrected chi connectivity index (χ1v) is 5.92. The lowest BCUT2D eigenvalue weighted by atomic mass is 10.0. The standard InChI is InChI=1S/C12H11ClN2O4/c13-8-3-1-7(2-4-8)9-5-10(19-15-9)12(18)14-6-11(16)17/h1-4,10H,5-6H2,(H,14,18)(H,16,17). The molecule has 2 N–H and O–H groups in total. The molecule has 0 radical (unpaired) electrons. The van der Waals surface area contributed by atoms with Crippen LogP contribution in [0.4, 0.5) is 0 Å². The molecule has 1 aromatic carbocycles. The third kappa shape index (κ3) is 3.45. The summed E-state index contributed by atoms with van der Waals surface area (Å²) in [6, 6.07) is 7.00. The van der Waals surface area contributed by atoms with Gasteiger partial charge in [0, 0.05) is 11.4 Å². The van der Waals surface area contributed by atoms with Gasteiger partial charge in [-0.2, -0.15) is 0 Å². The van der Waals surface area contributed by atoms with E-state index in [0.29, 0.717) is 17.2 Å². The average Bonchev–Trinajstić information content (AvgIpc) is 2.86. The number of nitrogens with one attached hydrogen (secondary N) is 1. The number of hydrogen-bond donors (Lipinski definition) is 2. The number of amides is 1. The number of halogens is 1. The van der Waals surface area contributed by atoms with Crippen LogP contribution in [0, 0.1) is 0 Å². The maximum Gasteiger partial charge on any atom is 0.322 e. The van der Waals surface area contributed by atoms with Crippen LogP contribution in [0.15, 0.2) is 29.4 Å². The Morgan fingerprint density at radius 3 is 2.74 bits per heavy atom. The number of aliphatic carboxylic acids is 1. The highest BCUT2D eigenvalue weighted by molar-refractivity contribution is 6.30. The highest BCUT2D eigenvalue weighted by atomic mass is 35.5. The van der Waals surface area contributed by atoms with Crippen molar-refractivity contribution in [1.82, 2.24) is 5.32 Å². The summed E-state index contributed by atoms with van der Waals surface area (Å²) in [4.78, 5) is 26.9. The number of rotatable bonds is 4. The normalized spacial score (nSPS) is 17.5. The highest BCUT2D eigenvalue weighted by Crippen LogP contribution is 2.18. The first-order chi connectivity index (χ1) is 9.06. The van der Waals surface area contributed by atoms with Crippen LogP contribution in [-0.4, -0.2) is 35.3 Å². The van der Waals surface area contributed by atoms with E-state index >= 15 is 0 Å². The van der Waals surface area contributed by atoms with E-state index in [1.54, 1.807) is 24.3 Å². The quantitative estimate of drug-likeness (QED) is 0.863. The molecule has 0 aliphatic carbocycles. The zero-order valence-electron chi connectivity index (χ0n) is 9.80. The molecule has 1 aliphatic heterocycles. The predicted octanol–water partition coefficient (Wildman–Crippen LogP) is 1.03. The number of carbonyl (C=O) groups is 2. The molecule has 2 rings (SSSR count). The van der Waals surface area contributed by atoms with Crippen molar-refractivity contribution >= 4 is 29.2 Å². The first-order valence-electron chi connectivity index (χ1n) is 5.54. The van der Waals surface area contributed by atoms with Gasteiger partial charge in [0.1, 0.15) is 6.54 Å². The molecule has 0 saturated carbocycles. The van der Waals surface area contributed by atoms with Crippen LogP contribution in [0.25, 0.3) is 0 Å². The summed E-state index contributed by atoms with van der Waals surface area (Å²) in [5.41, 5.74) is 1.45. The van der Waals surface area contributed by atoms with Crippen molar-refractivity contribution < 1.29 is 19.5 Å². The average molecular weight is 283 g/mol. The molecule has 0 saturated heterocycles. The van der Waals surface area contributed by atoms with Crippen LogP contribution in [0.5, 0.6) is 0 Å². The minimum Gasteiger partial charge on any atom is -0.480 e. The van der Waals surface area contributed by atoms with E-state index in [4.69, 9.17) is 21.5 Å². The Balaban J connectivity index is 1.93. The van der Waals surface area contributed by atoms with Crippen molar-refractivity contribution in [2.75, 3.05) is 6.54 Å². The second kappa shape index (κ2) is 5.71. The molecule has 1 aliphatic rings. The molecule has 0 fully saturated rings. The van der Waals surface area contributed by atoms with E-state index in [0.717, 1.165) is 5.56 Å². The van der Waals surface area contributed by atoms with Gasteiger partial charge >= 0.3 is 5.97 Å². The number of carbonyl (C=O) groups excluding carboxylic acids is 1. The van der Waals surface area contributed by atoms with Gasteiger partial charge in [0.15, 0.2) is 0 Å². The van der Waals surface area contributed by atoms with Crippen molar-refractivity contribution in [3.8, 4) is 0 Å². The number of hydrogen-bond acceptors (Lipinski definition) is 4. The summed E-state index contributed by atoms with van der Waals surface area (Å²) >= 11 is 5.78. The van der Waals surface area contributed by atoms with Gasteiger partial charge in [-0.3, -0.25) is 9.59 Å². The molecule has 0 bridgehead atoms. The van der Waals surface area contributed by atoms with E-state index in [1.807, 2.05) is 0 Å². The van der Waals surface area contributed by atoms with Crippen LogP contribution in [0.1, 0.15) is 12.0 Å². The zero-order chi connectivity index (χ0) is 13.8. The molecule has 1 atom stereocenters. The van der Waals surface area contributed by atoms with Crippen molar-refractivity contribution in [1.29, 1.82) is 0 Å². The molecule has 6 nitrogen and oxygen atoms in total. The SMILES string of the molecule is O=C(O)CNC(=O)C1CC(c2ccc(Cl)cc2)=NO1. The predicted molar refractivity (Wildman–Crippen MR) is 68.1 cm³/mol. The highest BCUT2D eigenvalue weighted by Gasteiger charge is 2.28. The van der Waals surface area contributed by atoms with Gasteiger partial charge in [-0.05, 0) is 17.7 Å². The van der Waals surface area contributed by atoms with Gasteiger partial charge < -0.3 is 15.3 Å². The Labute approximate surface area is 114 Å².